The number of fused-ring (bicyclic) bond motifs is 1. The van der Waals surface area contributed by atoms with E-state index in [9.17, 15) is 14.4 Å². The van der Waals surface area contributed by atoms with Crippen molar-refractivity contribution in [3.8, 4) is 0 Å². The number of anilines is 1. The smallest absolute Gasteiger partial charge is 0.252 e. The number of hydrogen-bond donors (Lipinski definition) is 3. The first-order chi connectivity index (χ1) is 16.9. The van der Waals surface area contributed by atoms with Crippen LogP contribution < -0.4 is 16.0 Å². The average Bonchev–Trinajstić information content (AvgIpc) is 2.88. The SMILES string of the molecule is CC(NC(=O)[C@@H](NC(=O)c1cccc2ccccc12)c1ccc(Cl)cc1)C(=O)Nc1cccnc1. The van der Waals surface area contributed by atoms with E-state index in [0.29, 0.717) is 21.8 Å². The summed E-state index contributed by atoms with van der Waals surface area (Å²) in [5, 5.41) is 10.4. The minimum absolute atomic E-state index is 0.413. The van der Waals surface area contributed by atoms with E-state index in [0.717, 1.165) is 10.8 Å². The van der Waals surface area contributed by atoms with Crippen molar-refractivity contribution in [3.05, 3.63) is 107 Å². The summed E-state index contributed by atoms with van der Waals surface area (Å²) in [6, 6.07) is 21.0. The third kappa shape index (κ3) is 5.83. The van der Waals surface area contributed by atoms with Gasteiger partial charge in [-0.25, -0.2) is 0 Å². The van der Waals surface area contributed by atoms with Gasteiger partial charge in [-0.2, -0.15) is 0 Å². The Labute approximate surface area is 207 Å². The maximum atomic E-state index is 13.3. The summed E-state index contributed by atoms with van der Waals surface area (Å²) in [5.41, 5.74) is 1.48. The molecule has 0 bridgehead atoms. The molecule has 176 valence electrons. The van der Waals surface area contributed by atoms with E-state index in [1.807, 2.05) is 30.3 Å². The first-order valence-corrected chi connectivity index (χ1v) is 11.4. The van der Waals surface area contributed by atoms with E-state index in [-0.39, 0.29) is 0 Å². The second kappa shape index (κ2) is 10.8. The van der Waals surface area contributed by atoms with Gasteiger partial charge in [0, 0.05) is 16.8 Å². The summed E-state index contributed by atoms with van der Waals surface area (Å²) in [6.45, 7) is 1.56. The van der Waals surface area contributed by atoms with E-state index < -0.39 is 29.8 Å². The minimum atomic E-state index is -1.05. The highest BCUT2D eigenvalue weighted by atomic mass is 35.5. The zero-order chi connectivity index (χ0) is 24.8. The number of nitrogens with one attached hydrogen (secondary N) is 3. The van der Waals surface area contributed by atoms with Crippen molar-refractivity contribution in [1.29, 1.82) is 0 Å². The molecule has 3 N–H and O–H groups in total. The lowest BCUT2D eigenvalue weighted by molar-refractivity contribution is -0.127. The minimum Gasteiger partial charge on any atom is -0.342 e. The van der Waals surface area contributed by atoms with Crippen LogP contribution in [0.4, 0.5) is 5.69 Å². The standard InChI is InChI=1S/C27H23ClN4O3/c1-17(25(33)31-21-8-5-15-29-16-21)30-27(35)24(19-11-13-20(28)14-12-19)32-26(34)23-10-4-7-18-6-2-3-9-22(18)23/h2-17,24H,1H3,(H,30,35)(H,31,33)(H,32,34)/t17?,24-/m0/s1. The van der Waals surface area contributed by atoms with Gasteiger partial charge in [0.25, 0.3) is 5.91 Å². The fourth-order valence-corrected chi connectivity index (χ4v) is 3.76. The summed E-state index contributed by atoms with van der Waals surface area (Å²) in [7, 11) is 0. The quantitative estimate of drug-likeness (QED) is 0.358. The normalized spacial score (nSPS) is 12.4. The number of benzene rings is 3. The van der Waals surface area contributed by atoms with Crippen LogP contribution in [0.15, 0.2) is 91.3 Å². The van der Waals surface area contributed by atoms with Gasteiger partial charge in [-0.05, 0) is 53.6 Å². The van der Waals surface area contributed by atoms with E-state index in [1.165, 1.54) is 6.20 Å². The van der Waals surface area contributed by atoms with Crippen molar-refractivity contribution >= 4 is 45.8 Å². The maximum absolute atomic E-state index is 13.3. The Bertz CT molecular complexity index is 1350. The molecule has 8 heteroatoms. The lowest BCUT2D eigenvalue weighted by Gasteiger charge is -2.22. The van der Waals surface area contributed by atoms with E-state index in [2.05, 4.69) is 20.9 Å². The maximum Gasteiger partial charge on any atom is 0.252 e. The van der Waals surface area contributed by atoms with Crippen LogP contribution in [-0.2, 0) is 9.59 Å². The highest BCUT2D eigenvalue weighted by Crippen LogP contribution is 2.21. The Morgan fingerprint density at radius 1 is 0.829 bits per heavy atom. The molecule has 3 aromatic carbocycles. The largest absolute Gasteiger partial charge is 0.342 e. The first-order valence-electron chi connectivity index (χ1n) is 11.0. The van der Waals surface area contributed by atoms with Crippen molar-refractivity contribution in [2.75, 3.05) is 5.32 Å². The summed E-state index contributed by atoms with van der Waals surface area (Å²) in [4.78, 5) is 43.1. The molecule has 0 saturated heterocycles. The number of rotatable bonds is 7. The molecule has 0 aliphatic rings. The fourth-order valence-electron chi connectivity index (χ4n) is 3.64. The third-order valence-corrected chi connectivity index (χ3v) is 5.71. The Morgan fingerprint density at radius 3 is 2.31 bits per heavy atom. The topological polar surface area (TPSA) is 100 Å². The molecule has 0 aliphatic carbocycles. The first kappa shape index (κ1) is 23.9. The van der Waals surface area contributed by atoms with Gasteiger partial charge in [0.1, 0.15) is 12.1 Å². The lowest BCUT2D eigenvalue weighted by atomic mass is 10.0. The molecule has 7 nitrogen and oxygen atoms in total. The number of pyridine rings is 1. The predicted molar refractivity (Wildman–Crippen MR) is 136 cm³/mol. The molecule has 1 heterocycles. The van der Waals surface area contributed by atoms with Crippen LogP contribution in [0.3, 0.4) is 0 Å². The molecule has 1 unspecified atom stereocenters. The number of aromatic nitrogens is 1. The number of halogens is 1. The molecular formula is C27H23ClN4O3. The molecule has 3 amide bonds. The van der Waals surface area contributed by atoms with Crippen molar-refractivity contribution in [1.82, 2.24) is 15.6 Å². The molecule has 0 fully saturated rings. The molecule has 0 saturated carbocycles. The van der Waals surface area contributed by atoms with Gasteiger partial charge in [-0.1, -0.05) is 60.1 Å². The third-order valence-electron chi connectivity index (χ3n) is 5.46. The van der Waals surface area contributed by atoms with Crippen LogP contribution in [0.25, 0.3) is 10.8 Å². The number of nitrogens with zero attached hydrogens (tertiary/aromatic N) is 1. The van der Waals surface area contributed by atoms with Crippen LogP contribution in [0.1, 0.15) is 28.9 Å². The Hall–Kier alpha value is -4.23. The van der Waals surface area contributed by atoms with Gasteiger partial charge in [0.15, 0.2) is 0 Å². The van der Waals surface area contributed by atoms with Gasteiger partial charge in [0.2, 0.25) is 11.8 Å². The summed E-state index contributed by atoms with van der Waals surface area (Å²) < 4.78 is 0. The van der Waals surface area contributed by atoms with Crippen molar-refractivity contribution < 1.29 is 14.4 Å². The van der Waals surface area contributed by atoms with Gasteiger partial charge in [0.05, 0.1) is 11.9 Å². The second-order valence-corrected chi connectivity index (χ2v) is 8.38. The summed E-state index contributed by atoms with van der Waals surface area (Å²) in [5.74, 6) is -1.36. The molecule has 35 heavy (non-hydrogen) atoms. The zero-order valence-corrected chi connectivity index (χ0v) is 19.6. The van der Waals surface area contributed by atoms with Crippen LogP contribution in [0, 0.1) is 0 Å². The molecule has 4 rings (SSSR count). The van der Waals surface area contributed by atoms with Gasteiger partial charge < -0.3 is 16.0 Å². The monoisotopic (exact) mass is 486 g/mol. The highest BCUT2D eigenvalue weighted by molar-refractivity contribution is 6.30. The van der Waals surface area contributed by atoms with Gasteiger partial charge in [-0.3, -0.25) is 19.4 Å². The Balaban J connectivity index is 1.55. The highest BCUT2D eigenvalue weighted by Gasteiger charge is 2.27. The van der Waals surface area contributed by atoms with E-state index in [4.69, 9.17) is 11.6 Å². The fraction of sp³-hybridized carbons (Fsp3) is 0.111. The van der Waals surface area contributed by atoms with Gasteiger partial charge >= 0.3 is 0 Å². The number of carbonyl (C=O) groups excluding carboxylic acids is 3. The summed E-state index contributed by atoms with van der Waals surface area (Å²) in [6.07, 6.45) is 3.10. The average molecular weight is 487 g/mol. The molecular weight excluding hydrogens is 464 g/mol. The van der Waals surface area contributed by atoms with Crippen molar-refractivity contribution in [3.63, 3.8) is 0 Å². The van der Waals surface area contributed by atoms with Crippen molar-refractivity contribution in [2.24, 2.45) is 0 Å². The molecule has 0 aliphatic heterocycles. The van der Waals surface area contributed by atoms with Crippen LogP contribution >= 0.6 is 11.6 Å². The molecule has 4 aromatic rings. The van der Waals surface area contributed by atoms with E-state index in [1.54, 1.807) is 61.7 Å². The second-order valence-electron chi connectivity index (χ2n) is 7.95. The van der Waals surface area contributed by atoms with Crippen LogP contribution in [-0.4, -0.2) is 28.7 Å². The molecule has 0 spiro atoms. The Morgan fingerprint density at radius 2 is 1.57 bits per heavy atom. The Kier molecular flexibility index (Phi) is 7.38. The number of hydrogen-bond acceptors (Lipinski definition) is 4. The summed E-state index contributed by atoms with van der Waals surface area (Å²) >= 11 is 6.02. The number of carbonyl (C=O) groups is 3. The van der Waals surface area contributed by atoms with Crippen molar-refractivity contribution in [2.45, 2.75) is 19.0 Å². The van der Waals surface area contributed by atoms with Gasteiger partial charge in [-0.15, -0.1) is 0 Å². The van der Waals surface area contributed by atoms with Crippen LogP contribution in [0.2, 0.25) is 5.02 Å². The van der Waals surface area contributed by atoms with Crippen LogP contribution in [0.5, 0.6) is 0 Å². The predicted octanol–water partition coefficient (Wildman–Crippen LogP) is 4.50. The molecule has 1 aromatic heterocycles. The van der Waals surface area contributed by atoms with E-state index >= 15 is 0 Å². The zero-order valence-electron chi connectivity index (χ0n) is 18.9. The lowest BCUT2D eigenvalue weighted by Crippen LogP contribution is -2.47. The number of amides is 3. The molecule has 0 radical (unpaired) electrons. The molecule has 2 atom stereocenters.